The van der Waals surface area contributed by atoms with Crippen LogP contribution in [0.15, 0.2) is 66.7 Å². The Hall–Kier alpha value is -4.51. The summed E-state index contributed by atoms with van der Waals surface area (Å²) in [6.45, 7) is 2.34. The van der Waals surface area contributed by atoms with Crippen LogP contribution in [0.4, 0.5) is 4.39 Å². The number of likely N-dealkylation sites (N-methyl/N-ethyl adjacent to an activating group) is 1. The van der Waals surface area contributed by atoms with Crippen LogP contribution < -0.4 is 27.0 Å². The van der Waals surface area contributed by atoms with E-state index in [1.165, 1.54) is 24.3 Å². The van der Waals surface area contributed by atoms with Crippen molar-refractivity contribution in [2.75, 3.05) is 20.1 Å². The Morgan fingerprint density at radius 2 is 1.83 bits per heavy atom. The van der Waals surface area contributed by atoms with E-state index in [1.807, 2.05) is 49.4 Å². The van der Waals surface area contributed by atoms with Gasteiger partial charge in [0.25, 0.3) is 5.91 Å². The molecule has 1 heterocycles. The largest absolute Gasteiger partial charge is 0.370 e. The van der Waals surface area contributed by atoms with Crippen LogP contribution in [0, 0.1) is 11.2 Å². The Kier molecular flexibility index (Phi) is 10.1. The second-order valence-electron chi connectivity index (χ2n) is 10.5. The molecule has 0 aromatic heterocycles. The Balaban J connectivity index is 1.59. The van der Waals surface area contributed by atoms with Gasteiger partial charge in [0.1, 0.15) is 17.9 Å². The first-order chi connectivity index (χ1) is 20.2. The lowest BCUT2D eigenvalue weighted by molar-refractivity contribution is -0.141. The van der Waals surface area contributed by atoms with Crippen molar-refractivity contribution in [3.8, 4) is 0 Å². The predicted octanol–water partition coefficient (Wildman–Crippen LogP) is 1.89. The van der Waals surface area contributed by atoms with Gasteiger partial charge in [-0.05, 0) is 53.4 Å². The first-order valence-corrected chi connectivity index (χ1v) is 14.1. The summed E-state index contributed by atoms with van der Waals surface area (Å²) in [6.07, 6.45) is 1.24. The molecule has 0 bridgehead atoms. The van der Waals surface area contributed by atoms with E-state index >= 15 is 0 Å². The van der Waals surface area contributed by atoms with Crippen LogP contribution in [0.3, 0.4) is 0 Å². The summed E-state index contributed by atoms with van der Waals surface area (Å²) in [6, 6.07) is 16.7. The molecule has 1 unspecified atom stereocenters. The molecule has 0 saturated carbocycles. The highest BCUT2D eigenvalue weighted by Gasteiger charge is 2.40. The minimum Gasteiger partial charge on any atom is -0.370 e. The van der Waals surface area contributed by atoms with Gasteiger partial charge in [-0.15, -0.1) is 0 Å². The van der Waals surface area contributed by atoms with E-state index in [9.17, 15) is 18.8 Å². The Morgan fingerprint density at radius 3 is 2.50 bits per heavy atom. The molecule has 1 aliphatic heterocycles. The van der Waals surface area contributed by atoms with Crippen molar-refractivity contribution in [2.45, 2.75) is 50.4 Å². The van der Waals surface area contributed by atoms with Gasteiger partial charge in [-0.2, -0.15) is 0 Å². The molecule has 1 fully saturated rings. The van der Waals surface area contributed by atoms with E-state index in [2.05, 4.69) is 21.3 Å². The van der Waals surface area contributed by atoms with Crippen LogP contribution in [0.1, 0.15) is 35.7 Å². The van der Waals surface area contributed by atoms with Crippen LogP contribution in [-0.4, -0.2) is 72.9 Å². The highest BCUT2D eigenvalue weighted by molar-refractivity contribution is 5.94. The van der Waals surface area contributed by atoms with E-state index in [0.29, 0.717) is 24.8 Å². The van der Waals surface area contributed by atoms with Crippen molar-refractivity contribution < 1.29 is 18.8 Å². The maximum absolute atomic E-state index is 14.1. The average molecular weight is 576 g/mol. The number of carbonyl (C=O) groups is 3. The topological polar surface area (TPSA) is 152 Å². The second kappa shape index (κ2) is 13.9. The molecule has 7 N–H and O–H groups in total. The zero-order valence-electron chi connectivity index (χ0n) is 23.8. The van der Waals surface area contributed by atoms with Gasteiger partial charge in [-0.25, -0.2) is 4.39 Å². The number of halogens is 1. The lowest BCUT2D eigenvalue weighted by Gasteiger charge is -2.34. The van der Waals surface area contributed by atoms with Crippen molar-refractivity contribution in [2.24, 2.45) is 5.73 Å². The number of nitrogens with zero attached hydrogens (tertiary/aromatic N) is 1. The standard InChI is InChI=1S/C31H38FN7O3/c1-3-25(38-31(33)34)27-30(42)39(15-14-24(37-27)18-36-28(40)21-10-12-23(32)13-11-21)26(29(41)35-2)17-19-8-9-20-6-4-5-7-22(20)16-19/h4-13,16,24-27,37H,3,14-15,17-18H2,1-2H3,(H,35,41)(H,36,40)(H4,33,34,38)/t24-,25?,26-,27+/m0/s1. The van der Waals surface area contributed by atoms with Gasteiger partial charge in [0, 0.05) is 38.2 Å². The Morgan fingerprint density at radius 1 is 1.12 bits per heavy atom. The van der Waals surface area contributed by atoms with Gasteiger partial charge >= 0.3 is 0 Å². The normalized spacial score (nSPS) is 18.5. The van der Waals surface area contributed by atoms with Gasteiger partial charge in [-0.3, -0.25) is 25.1 Å². The quantitative estimate of drug-likeness (QED) is 0.160. The first-order valence-electron chi connectivity index (χ1n) is 14.1. The molecule has 3 aromatic rings. The summed E-state index contributed by atoms with van der Waals surface area (Å²) in [5, 5.41) is 21.7. The summed E-state index contributed by atoms with van der Waals surface area (Å²) in [5.41, 5.74) is 6.89. The molecule has 4 atom stereocenters. The molecule has 3 aromatic carbocycles. The number of amides is 3. The fraction of sp³-hybridized carbons (Fsp3) is 0.355. The summed E-state index contributed by atoms with van der Waals surface area (Å²) in [4.78, 5) is 41.7. The van der Waals surface area contributed by atoms with Gasteiger partial charge < -0.3 is 26.6 Å². The summed E-state index contributed by atoms with van der Waals surface area (Å²) >= 11 is 0. The van der Waals surface area contributed by atoms with Crippen molar-refractivity contribution in [1.29, 1.82) is 5.41 Å². The molecule has 10 nitrogen and oxygen atoms in total. The van der Waals surface area contributed by atoms with Crippen molar-refractivity contribution in [1.82, 2.24) is 26.2 Å². The van der Waals surface area contributed by atoms with Gasteiger partial charge in [0.05, 0.1) is 6.04 Å². The van der Waals surface area contributed by atoms with E-state index in [1.54, 1.807) is 11.9 Å². The van der Waals surface area contributed by atoms with E-state index in [-0.39, 0.29) is 42.8 Å². The van der Waals surface area contributed by atoms with Crippen molar-refractivity contribution in [3.63, 3.8) is 0 Å². The molecule has 4 rings (SSSR count). The third-order valence-corrected chi connectivity index (χ3v) is 7.65. The number of nitrogens with two attached hydrogens (primary N) is 1. The van der Waals surface area contributed by atoms with E-state index in [0.717, 1.165) is 16.3 Å². The van der Waals surface area contributed by atoms with E-state index in [4.69, 9.17) is 11.1 Å². The molecule has 42 heavy (non-hydrogen) atoms. The van der Waals surface area contributed by atoms with Crippen LogP contribution in [-0.2, 0) is 16.0 Å². The maximum atomic E-state index is 14.1. The number of nitrogens with one attached hydrogen (secondary N) is 5. The Labute approximate surface area is 244 Å². The number of rotatable bonds is 10. The minimum atomic E-state index is -0.821. The van der Waals surface area contributed by atoms with Crippen LogP contribution in [0.25, 0.3) is 10.8 Å². The third kappa shape index (κ3) is 7.41. The lowest BCUT2D eigenvalue weighted by atomic mass is 9.98. The molecular weight excluding hydrogens is 537 g/mol. The van der Waals surface area contributed by atoms with E-state index < -0.39 is 23.9 Å². The van der Waals surface area contributed by atoms with Crippen molar-refractivity contribution >= 4 is 34.5 Å². The zero-order chi connectivity index (χ0) is 30.2. The van der Waals surface area contributed by atoms with Crippen LogP contribution in [0.5, 0.6) is 0 Å². The van der Waals surface area contributed by atoms with Gasteiger partial charge in [0.2, 0.25) is 11.8 Å². The number of hydrogen-bond donors (Lipinski definition) is 6. The van der Waals surface area contributed by atoms with Crippen molar-refractivity contribution in [3.05, 3.63) is 83.7 Å². The summed E-state index contributed by atoms with van der Waals surface area (Å²) in [7, 11) is 1.55. The monoisotopic (exact) mass is 575 g/mol. The molecule has 0 spiro atoms. The number of hydrogen-bond acceptors (Lipinski definition) is 5. The zero-order valence-corrected chi connectivity index (χ0v) is 23.8. The predicted molar refractivity (Wildman–Crippen MR) is 160 cm³/mol. The fourth-order valence-electron chi connectivity index (χ4n) is 5.39. The SMILES string of the molecule is CCC(NC(=N)N)[C@H]1N[C@H](CNC(=O)c2ccc(F)cc2)CCN([C@@H](Cc2ccc3ccccc3c2)C(=O)NC)C1=O. The number of guanidine groups is 1. The molecule has 0 radical (unpaired) electrons. The molecule has 1 saturated heterocycles. The molecule has 222 valence electrons. The molecular formula is C31H38FN7O3. The molecule has 3 amide bonds. The van der Waals surface area contributed by atoms with Gasteiger partial charge in [-0.1, -0.05) is 49.4 Å². The fourth-order valence-corrected chi connectivity index (χ4v) is 5.39. The second-order valence-corrected chi connectivity index (χ2v) is 10.5. The number of benzene rings is 3. The summed E-state index contributed by atoms with van der Waals surface area (Å²) < 4.78 is 13.3. The molecule has 1 aliphatic rings. The highest BCUT2D eigenvalue weighted by Crippen LogP contribution is 2.21. The van der Waals surface area contributed by atoms with Gasteiger partial charge in [0.15, 0.2) is 5.96 Å². The lowest BCUT2D eigenvalue weighted by Crippen LogP contribution is -2.61. The smallest absolute Gasteiger partial charge is 0.251 e. The van der Waals surface area contributed by atoms with Crippen LogP contribution >= 0.6 is 0 Å². The molecule has 11 heteroatoms. The number of carbonyl (C=O) groups excluding carboxylic acids is 3. The third-order valence-electron chi connectivity index (χ3n) is 7.65. The summed E-state index contributed by atoms with van der Waals surface area (Å²) in [5.74, 6) is -1.65. The minimum absolute atomic E-state index is 0.194. The maximum Gasteiger partial charge on any atom is 0.251 e. The first kappa shape index (κ1) is 30.4. The highest BCUT2D eigenvalue weighted by atomic mass is 19.1. The average Bonchev–Trinajstić information content (AvgIpc) is 3.15. The Bertz CT molecular complexity index is 1430. The molecule has 0 aliphatic carbocycles. The number of fused-ring (bicyclic) bond motifs is 1. The van der Waals surface area contributed by atoms with Crippen LogP contribution in [0.2, 0.25) is 0 Å².